The molecule has 1 aliphatic heterocycles. The summed E-state index contributed by atoms with van der Waals surface area (Å²) >= 11 is 2.99. The van der Waals surface area contributed by atoms with E-state index >= 15 is 0 Å². The Kier molecular flexibility index (Phi) is 7.77. The van der Waals surface area contributed by atoms with Crippen LogP contribution >= 0.6 is 23.1 Å². The molecular weight excluding hydrogens is 599 g/mol. The monoisotopic (exact) mass is 629 g/mol. The Labute approximate surface area is 268 Å². The zero-order valence-electron chi connectivity index (χ0n) is 25.2. The van der Waals surface area contributed by atoms with Crippen molar-refractivity contribution in [1.29, 1.82) is 0 Å². The number of fused-ring (bicyclic) bond motifs is 3. The highest BCUT2D eigenvalue weighted by atomic mass is 32.2. The lowest BCUT2D eigenvalue weighted by Crippen LogP contribution is -2.39. The van der Waals surface area contributed by atoms with Crippen LogP contribution in [0.1, 0.15) is 36.6 Å². The summed E-state index contributed by atoms with van der Waals surface area (Å²) in [5.74, 6) is -0.455. The molecule has 7 rings (SSSR count). The van der Waals surface area contributed by atoms with Crippen molar-refractivity contribution in [2.75, 3.05) is 12.9 Å². The molecule has 1 aliphatic rings. The Morgan fingerprint density at radius 2 is 1.71 bits per heavy atom. The molecule has 0 aliphatic carbocycles. The number of thiazole rings is 1. The molecule has 6 nitrogen and oxygen atoms in total. The van der Waals surface area contributed by atoms with Crippen LogP contribution in [0.15, 0.2) is 123 Å². The fraction of sp³-hybridized carbons (Fsp3) is 0.162. The van der Waals surface area contributed by atoms with Gasteiger partial charge < -0.3 is 9.30 Å². The van der Waals surface area contributed by atoms with E-state index in [0.717, 1.165) is 26.9 Å². The molecule has 0 N–H and O–H groups in total. The molecule has 2 aromatic heterocycles. The first-order valence-corrected chi connectivity index (χ1v) is 16.9. The summed E-state index contributed by atoms with van der Waals surface area (Å²) in [6.07, 6.45) is 6.10. The molecule has 0 spiro atoms. The van der Waals surface area contributed by atoms with Gasteiger partial charge in [-0.3, -0.25) is 9.36 Å². The number of carbonyl (C=O) groups excluding carboxylic acids is 1. The van der Waals surface area contributed by atoms with Crippen molar-refractivity contribution in [3.63, 3.8) is 0 Å². The van der Waals surface area contributed by atoms with Gasteiger partial charge in [-0.05, 0) is 66.3 Å². The molecule has 8 heteroatoms. The molecule has 1 atom stereocenters. The molecule has 0 bridgehead atoms. The molecule has 224 valence electrons. The van der Waals surface area contributed by atoms with Crippen molar-refractivity contribution < 1.29 is 9.53 Å². The zero-order valence-corrected chi connectivity index (χ0v) is 26.8. The van der Waals surface area contributed by atoms with Crippen LogP contribution in [-0.2, 0) is 16.1 Å². The molecule has 0 saturated heterocycles. The smallest absolute Gasteiger partial charge is 0.338 e. The maximum absolute atomic E-state index is 14.2. The molecule has 45 heavy (non-hydrogen) atoms. The molecular formula is C37H31N3O3S2. The molecule has 0 saturated carbocycles. The van der Waals surface area contributed by atoms with Gasteiger partial charge in [-0.1, -0.05) is 84.1 Å². The predicted octanol–water partition coefficient (Wildman–Crippen LogP) is 6.68. The molecule has 6 aromatic rings. The summed E-state index contributed by atoms with van der Waals surface area (Å²) in [7, 11) is 0. The van der Waals surface area contributed by atoms with Gasteiger partial charge in [0.25, 0.3) is 5.56 Å². The van der Waals surface area contributed by atoms with Crippen molar-refractivity contribution in [2.24, 2.45) is 4.99 Å². The number of thioether (sulfide) groups is 1. The second-order valence-electron chi connectivity index (χ2n) is 10.9. The lowest BCUT2D eigenvalue weighted by atomic mass is 9.96. The minimum Gasteiger partial charge on any atom is -0.463 e. The third-order valence-corrected chi connectivity index (χ3v) is 10.0. The van der Waals surface area contributed by atoms with Gasteiger partial charge >= 0.3 is 5.97 Å². The molecule has 0 amide bonds. The summed E-state index contributed by atoms with van der Waals surface area (Å²) in [6.45, 7) is 4.53. The Hall–Kier alpha value is -4.66. The number of carbonyl (C=O) groups is 1. The average molecular weight is 630 g/mol. The van der Waals surface area contributed by atoms with E-state index in [1.165, 1.54) is 27.7 Å². The average Bonchev–Trinajstić information content (AvgIpc) is 3.56. The third kappa shape index (κ3) is 5.24. The van der Waals surface area contributed by atoms with Gasteiger partial charge in [-0.25, -0.2) is 9.79 Å². The third-order valence-electron chi connectivity index (χ3n) is 8.28. The summed E-state index contributed by atoms with van der Waals surface area (Å²) in [5.41, 5.74) is 4.89. The number of aromatic nitrogens is 2. The SMILES string of the molecule is CCOC(=O)C1=C(C)N=c2s/c(=C\c3cn(Cc4cccc5ccccc45)c4ccccc34)c(=O)n2[C@H]1c1ccc(SC)cc1. The van der Waals surface area contributed by atoms with Crippen LogP contribution in [0.4, 0.5) is 0 Å². The second kappa shape index (κ2) is 12.0. The number of para-hydroxylation sites is 1. The number of benzene rings is 4. The number of allylic oxidation sites excluding steroid dienone is 1. The van der Waals surface area contributed by atoms with E-state index < -0.39 is 12.0 Å². The number of nitrogens with zero attached hydrogens (tertiary/aromatic N) is 3. The highest BCUT2D eigenvalue weighted by Crippen LogP contribution is 2.32. The standard InChI is InChI=1S/C37H31N3O3S2/c1-4-43-36(42)33-23(2)38-37-40(34(33)25-16-18-28(44-3)19-17-25)35(41)32(45-37)20-27-22-39(31-15-8-7-14-30(27)31)21-26-12-9-11-24-10-5-6-13-29(24)26/h5-20,22,34H,4,21H2,1-3H3/b32-20-/t34-/m0/s1. The Morgan fingerprint density at radius 1 is 0.978 bits per heavy atom. The normalized spacial score (nSPS) is 15.0. The van der Waals surface area contributed by atoms with E-state index in [0.29, 0.717) is 27.1 Å². The highest BCUT2D eigenvalue weighted by Gasteiger charge is 2.33. The number of ether oxygens (including phenoxy) is 1. The van der Waals surface area contributed by atoms with Crippen molar-refractivity contribution >= 4 is 56.8 Å². The lowest BCUT2D eigenvalue weighted by Gasteiger charge is -2.24. The van der Waals surface area contributed by atoms with Crippen LogP contribution < -0.4 is 14.9 Å². The summed E-state index contributed by atoms with van der Waals surface area (Å²) < 4.78 is 9.91. The van der Waals surface area contributed by atoms with E-state index in [1.54, 1.807) is 23.3 Å². The first-order valence-electron chi connectivity index (χ1n) is 14.8. The van der Waals surface area contributed by atoms with Gasteiger partial charge in [-0.2, -0.15) is 0 Å². The number of rotatable bonds is 7. The molecule has 0 radical (unpaired) electrons. The number of hydrogen-bond acceptors (Lipinski definition) is 6. The number of hydrogen-bond donors (Lipinski definition) is 0. The van der Waals surface area contributed by atoms with Crippen LogP contribution in [0.3, 0.4) is 0 Å². The summed E-state index contributed by atoms with van der Waals surface area (Å²) in [5, 5.41) is 3.50. The summed E-state index contributed by atoms with van der Waals surface area (Å²) in [6, 6.07) is 30.5. The van der Waals surface area contributed by atoms with E-state index in [4.69, 9.17) is 9.73 Å². The first kappa shape index (κ1) is 29.1. The molecule has 0 unspecified atom stereocenters. The fourth-order valence-electron chi connectivity index (χ4n) is 6.17. The quantitative estimate of drug-likeness (QED) is 0.146. The molecule has 0 fully saturated rings. The zero-order chi connectivity index (χ0) is 31.1. The topological polar surface area (TPSA) is 65.6 Å². The van der Waals surface area contributed by atoms with Crippen LogP contribution in [0.2, 0.25) is 0 Å². The minimum atomic E-state index is -0.633. The second-order valence-corrected chi connectivity index (χ2v) is 12.8. The van der Waals surface area contributed by atoms with E-state index in [9.17, 15) is 9.59 Å². The molecule has 3 heterocycles. The maximum atomic E-state index is 14.2. The van der Waals surface area contributed by atoms with E-state index in [1.807, 2.05) is 55.7 Å². The predicted molar refractivity (Wildman–Crippen MR) is 184 cm³/mol. The Bertz CT molecular complexity index is 2300. The van der Waals surface area contributed by atoms with Crippen molar-refractivity contribution in [1.82, 2.24) is 9.13 Å². The Morgan fingerprint density at radius 3 is 2.49 bits per heavy atom. The van der Waals surface area contributed by atoms with Gasteiger partial charge in [-0.15, -0.1) is 11.8 Å². The van der Waals surface area contributed by atoms with Crippen LogP contribution in [0.25, 0.3) is 27.8 Å². The number of esters is 1. The van der Waals surface area contributed by atoms with Crippen molar-refractivity contribution in [3.05, 3.63) is 145 Å². The van der Waals surface area contributed by atoms with Crippen LogP contribution in [-0.4, -0.2) is 28.0 Å². The van der Waals surface area contributed by atoms with E-state index in [-0.39, 0.29) is 12.2 Å². The van der Waals surface area contributed by atoms with Gasteiger partial charge in [0.2, 0.25) is 0 Å². The van der Waals surface area contributed by atoms with Gasteiger partial charge in [0, 0.05) is 34.1 Å². The lowest BCUT2D eigenvalue weighted by molar-refractivity contribution is -0.139. The van der Waals surface area contributed by atoms with Crippen LogP contribution in [0, 0.1) is 0 Å². The summed E-state index contributed by atoms with van der Waals surface area (Å²) in [4.78, 5) is 33.9. The maximum Gasteiger partial charge on any atom is 0.338 e. The largest absolute Gasteiger partial charge is 0.463 e. The minimum absolute atomic E-state index is 0.183. The fourth-order valence-corrected chi connectivity index (χ4v) is 7.61. The van der Waals surface area contributed by atoms with Gasteiger partial charge in [0.1, 0.15) is 0 Å². The van der Waals surface area contributed by atoms with Crippen molar-refractivity contribution in [3.8, 4) is 0 Å². The molecule has 4 aromatic carbocycles. The van der Waals surface area contributed by atoms with Gasteiger partial charge in [0.05, 0.1) is 28.5 Å². The van der Waals surface area contributed by atoms with E-state index in [2.05, 4.69) is 65.4 Å². The van der Waals surface area contributed by atoms with Crippen molar-refractivity contribution in [2.45, 2.75) is 31.3 Å². The van der Waals surface area contributed by atoms with Crippen LogP contribution in [0.5, 0.6) is 0 Å². The highest BCUT2D eigenvalue weighted by molar-refractivity contribution is 7.98. The Balaban J connectivity index is 1.37. The van der Waals surface area contributed by atoms with Gasteiger partial charge in [0.15, 0.2) is 4.80 Å². The first-order chi connectivity index (χ1) is 22.0.